The number of aromatic nitrogens is 2. The number of aryl methyl sites for hydroxylation is 1. The highest BCUT2D eigenvalue weighted by Gasteiger charge is 2.29. The molecule has 2 fully saturated rings. The van der Waals surface area contributed by atoms with E-state index in [2.05, 4.69) is 23.0 Å². The van der Waals surface area contributed by atoms with Crippen molar-refractivity contribution in [3.8, 4) is 5.69 Å². The lowest BCUT2D eigenvalue weighted by molar-refractivity contribution is -0.130. The van der Waals surface area contributed by atoms with Gasteiger partial charge in [-0.05, 0) is 101 Å². The second-order valence-electron chi connectivity index (χ2n) is 13.0. The number of piperidine rings is 1. The number of rotatable bonds is 9. The summed E-state index contributed by atoms with van der Waals surface area (Å²) in [6.45, 7) is 14.3. The molecule has 9 heteroatoms. The van der Waals surface area contributed by atoms with E-state index in [1.807, 2.05) is 35.7 Å². The number of carbonyl (C=O) groups excluding carboxylic acids is 2. The number of hydrogen-bond acceptors (Lipinski definition) is 5. The third kappa shape index (κ3) is 6.93. The molecule has 0 aliphatic carbocycles. The number of likely N-dealkylation sites (tertiary alicyclic amines) is 2. The maximum atomic E-state index is 14.6. The van der Waals surface area contributed by atoms with Crippen LogP contribution in [0.1, 0.15) is 68.4 Å². The predicted octanol–water partition coefficient (Wildman–Crippen LogP) is 4.83. The lowest BCUT2D eigenvalue weighted by atomic mass is 9.96. The fourth-order valence-corrected chi connectivity index (χ4v) is 7.00. The van der Waals surface area contributed by atoms with Crippen molar-refractivity contribution in [2.24, 2.45) is 11.8 Å². The number of pyridine rings is 1. The molecule has 0 bridgehead atoms. The van der Waals surface area contributed by atoms with Gasteiger partial charge in [0.25, 0.3) is 5.91 Å². The normalized spacial score (nSPS) is 19.0. The maximum absolute atomic E-state index is 14.6. The summed E-state index contributed by atoms with van der Waals surface area (Å²) in [5.74, 6) is 0.546. The molecule has 232 valence electrons. The van der Waals surface area contributed by atoms with Gasteiger partial charge in [-0.3, -0.25) is 14.6 Å². The van der Waals surface area contributed by atoms with Crippen molar-refractivity contribution in [3.63, 3.8) is 0 Å². The van der Waals surface area contributed by atoms with Gasteiger partial charge in [0.05, 0.1) is 29.1 Å². The molecular weight excluding hydrogens is 545 g/mol. The minimum atomic E-state index is -0.700. The molecule has 0 saturated carbocycles. The summed E-state index contributed by atoms with van der Waals surface area (Å²) in [6.07, 6.45) is 9.31. The Bertz CT molecular complexity index is 1460. The Labute approximate surface area is 254 Å². The van der Waals surface area contributed by atoms with Gasteiger partial charge in [0, 0.05) is 63.5 Å². The molecule has 2 saturated heterocycles. The van der Waals surface area contributed by atoms with Crippen LogP contribution < -0.4 is 0 Å². The fourth-order valence-electron chi connectivity index (χ4n) is 7.00. The van der Waals surface area contributed by atoms with E-state index in [0.29, 0.717) is 17.5 Å². The highest BCUT2D eigenvalue weighted by atomic mass is 19.1. The highest BCUT2D eigenvalue weighted by Crippen LogP contribution is 2.33. The predicted molar refractivity (Wildman–Crippen MR) is 167 cm³/mol. The van der Waals surface area contributed by atoms with Gasteiger partial charge in [-0.25, -0.2) is 4.39 Å². The van der Waals surface area contributed by atoms with Crippen molar-refractivity contribution in [1.29, 1.82) is 0 Å². The molecule has 3 aromatic rings. The zero-order valence-electron chi connectivity index (χ0n) is 26.2. The van der Waals surface area contributed by atoms with E-state index in [9.17, 15) is 19.1 Å². The Balaban J connectivity index is 1.39. The molecule has 0 unspecified atom stereocenters. The molecule has 0 spiro atoms. The number of carbonyl (C=O) groups is 2. The molecule has 5 rings (SSSR count). The SMILES string of the molecule is CC(=O)N1CCC(CN2CC[C@@H](Cc3cn(-c4ccc(F)cc4C(=O)N(C[C@@H](C)O)C(C)C)c4cncc(C)c34)C2)CC1. The van der Waals surface area contributed by atoms with Gasteiger partial charge in [-0.1, -0.05) is 0 Å². The summed E-state index contributed by atoms with van der Waals surface area (Å²) in [4.78, 5) is 36.1. The largest absolute Gasteiger partial charge is 0.392 e. The minimum Gasteiger partial charge on any atom is -0.392 e. The van der Waals surface area contributed by atoms with E-state index in [-0.39, 0.29) is 30.0 Å². The second-order valence-corrected chi connectivity index (χ2v) is 13.0. The van der Waals surface area contributed by atoms with Crippen LogP contribution >= 0.6 is 0 Å². The van der Waals surface area contributed by atoms with Crippen molar-refractivity contribution in [3.05, 3.63) is 59.3 Å². The Morgan fingerprint density at radius 2 is 1.81 bits per heavy atom. The summed E-state index contributed by atoms with van der Waals surface area (Å²) in [5.41, 5.74) is 4.06. The summed E-state index contributed by atoms with van der Waals surface area (Å²) in [5, 5.41) is 11.2. The van der Waals surface area contributed by atoms with Crippen LogP contribution in [0.5, 0.6) is 0 Å². The molecule has 2 aromatic heterocycles. The quantitative estimate of drug-likeness (QED) is 0.386. The molecule has 43 heavy (non-hydrogen) atoms. The molecule has 1 N–H and O–H groups in total. The average molecular weight is 592 g/mol. The van der Waals surface area contributed by atoms with Crippen LogP contribution in [0, 0.1) is 24.6 Å². The summed E-state index contributed by atoms with van der Waals surface area (Å²) < 4.78 is 16.6. The van der Waals surface area contributed by atoms with Gasteiger partial charge in [-0.15, -0.1) is 0 Å². The van der Waals surface area contributed by atoms with E-state index in [0.717, 1.165) is 74.9 Å². The summed E-state index contributed by atoms with van der Waals surface area (Å²) in [7, 11) is 0. The smallest absolute Gasteiger partial charge is 0.256 e. The van der Waals surface area contributed by atoms with Gasteiger partial charge in [0.2, 0.25) is 5.91 Å². The van der Waals surface area contributed by atoms with Crippen molar-refractivity contribution in [2.75, 3.05) is 39.3 Å². The van der Waals surface area contributed by atoms with Crippen molar-refractivity contribution >= 4 is 22.7 Å². The van der Waals surface area contributed by atoms with Crippen LogP contribution in [0.15, 0.2) is 36.8 Å². The molecule has 2 amide bonds. The number of benzene rings is 1. The van der Waals surface area contributed by atoms with Gasteiger partial charge in [0.15, 0.2) is 0 Å². The average Bonchev–Trinajstić information content (AvgIpc) is 3.56. The lowest BCUT2D eigenvalue weighted by Gasteiger charge is -2.33. The van der Waals surface area contributed by atoms with E-state index in [4.69, 9.17) is 0 Å². The molecule has 2 aliphatic rings. The first kappa shape index (κ1) is 31.1. The van der Waals surface area contributed by atoms with Crippen LogP contribution in [0.4, 0.5) is 4.39 Å². The molecule has 0 radical (unpaired) electrons. The van der Waals surface area contributed by atoms with Crippen LogP contribution in [0.3, 0.4) is 0 Å². The summed E-state index contributed by atoms with van der Waals surface area (Å²) >= 11 is 0. The number of amides is 2. The van der Waals surface area contributed by atoms with E-state index in [1.54, 1.807) is 24.8 Å². The van der Waals surface area contributed by atoms with Crippen molar-refractivity contribution in [1.82, 2.24) is 24.3 Å². The number of aliphatic hydroxyl groups excluding tert-OH is 1. The van der Waals surface area contributed by atoms with Gasteiger partial charge < -0.3 is 24.4 Å². The topological polar surface area (TPSA) is 81.9 Å². The van der Waals surface area contributed by atoms with Crippen LogP contribution in [-0.2, 0) is 11.2 Å². The Morgan fingerprint density at radius 3 is 2.49 bits per heavy atom. The number of aliphatic hydroxyl groups is 1. The second kappa shape index (κ2) is 13.1. The third-order valence-electron chi connectivity index (χ3n) is 9.23. The maximum Gasteiger partial charge on any atom is 0.256 e. The molecule has 4 heterocycles. The van der Waals surface area contributed by atoms with Crippen molar-refractivity contribution < 1.29 is 19.1 Å². The van der Waals surface area contributed by atoms with Crippen LogP contribution in [0.25, 0.3) is 16.6 Å². The van der Waals surface area contributed by atoms with Gasteiger partial charge in [0.1, 0.15) is 5.82 Å². The number of fused-ring (bicyclic) bond motifs is 1. The number of hydrogen-bond donors (Lipinski definition) is 1. The summed E-state index contributed by atoms with van der Waals surface area (Å²) in [6, 6.07) is 4.21. The zero-order valence-corrected chi connectivity index (χ0v) is 26.2. The van der Waals surface area contributed by atoms with Gasteiger partial charge in [-0.2, -0.15) is 0 Å². The Hall–Kier alpha value is -3.30. The standard InChI is InChI=1S/C34H46FN5O3/c1-22(2)39(18-24(4)41)34(43)30-15-29(35)6-7-31(30)40-21-28(33-23(3)16-36-17-32(33)40)14-27-8-11-37(20-27)19-26-9-12-38(13-10-26)25(5)42/h6-7,15-17,21-22,24,26-27,41H,8-14,18-20H2,1-5H3/t24-,27+/m1/s1. The van der Waals surface area contributed by atoms with Crippen molar-refractivity contribution in [2.45, 2.75) is 72.4 Å². The van der Waals surface area contributed by atoms with E-state index >= 15 is 0 Å². The molecule has 8 nitrogen and oxygen atoms in total. The zero-order chi connectivity index (χ0) is 30.8. The lowest BCUT2D eigenvalue weighted by Crippen LogP contribution is -2.41. The van der Waals surface area contributed by atoms with E-state index < -0.39 is 11.9 Å². The van der Waals surface area contributed by atoms with E-state index in [1.165, 1.54) is 17.7 Å². The number of nitrogens with zero attached hydrogens (tertiary/aromatic N) is 5. The third-order valence-corrected chi connectivity index (χ3v) is 9.23. The molecule has 1 aromatic carbocycles. The van der Waals surface area contributed by atoms with Gasteiger partial charge >= 0.3 is 0 Å². The molecule has 2 atom stereocenters. The highest BCUT2D eigenvalue weighted by molar-refractivity contribution is 5.99. The van der Waals surface area contributed by atoms with Crippen LogP contribution in [0.2, 0.25) is 0 Å². The molecular formula is C34H46FN5O3. The first-order chi connectivity index (χ1) is 20.5. The fraction of sp³-hybridized carbons (Fsp3) is 0.559. The molecule has 2 aliphatic heterocycles. The minimum absolute atomic E-state index is 0.161. The number of halogens is 1. The monoisotopic (exact) mass is 591 g/mol. The van der Waals surface area contributed by atoms with Crippen LogP contribution in [-0.4, -0.2) is 92.6 Å². The first-order valence-electron chi connectivity index (χ1n) is 15.7. The Morgan fingerprint density at radius 1 is 1.09 bits per heavy atom. The first-order valence-corrected chi connectivity index (χ1v) is 15.7. The Kier molecular flexibility index (Phi) is 9.51.